The van der Waals surface area contributed by atoms with Gasteiger partial charge in [0.25, 0.3) is 5.91 Å². The number of amides is 2. The predicted molar refractivity (Wildman–Crippen MR) is 288 cm³/mol. The Balaban J connectivity index is 1.00. The van der Waals surface area contributed by atoms with Crippen LogP contribution >= 0.6 is 11.3 Å². The van der Waals surface area contributed by atoms with Gasteiger partial charge in [0.15, 0.2) is 0 Å². The first-order valence-electron chi connectivity index (χ1n) is 28.2. The van der Waals surface area contributed by atoms with Crippen LogP contribution in [0.5, 0.6) is 0 Å². The van der Waals surface area contributed by atoms with Crippen molar-refractivity contribution in [2.75, 3.05) is 90.9 Å². The van der Waals surface area contributed by atoms with Crippen LogP contribution in [0.2, 0.25) is 0 Å². The molecule has 7 aliphatic heterocycles. The number of pyridine rings is 1. The Morgan fingerprint density at radius 1 is 1.00 bits per heavy atom. The summed E-state index contributed by atoms with van der Waals surface area (Å²) in [5.41, 5.74) is 10.3. The van der Waals surface area contributed by atoms with Crippen LogP contribution < -0.4 is 15.6 Å². The smallest absolute Gasteiger partial charge is 0.324 e. The summed E-state index contributed by atoms with van der Waals surface area (Å²) < 4.78 is 39.5. The third kappa shape index (κ3) is 10.6. The van der Waals surface area contributed by atoms with Crippen molar-refractivity contribution >= 4 is 45.7 Å². The van der Waals surface area contributed by atoms with Gasteiger partial charge < -0.3 is 43.2 Å². The number of fused-ring (bicyclic) bond motifs is 6. The largest absolute Gasteiger partial charge is 0.464 e. The molecular formula is C57H77N9O9S. The van der Waals surface area contributed by atoms with Crippen LogP contribution in [-0.2, 0) is 55.8 Å². The maximum Gasteiger partial charge on any atom is 0.324 e. The maximum absolute atomic E-state index is 15.2. The molecule has 8 aliphatic rings. The number of piperazine rings is 1. The number of nitrogens with zero attached hydrogens (tertiary/aromatic N) is 7. The average Bonchev–Trinajstić information content (AvgIpc) is 3.91. The number of hydrogen-bond acceptors (Lipinski definition) is 16. The molecule has 1 aromatic carbocycles. The fraction of sp³-hybridized carbons (Fsp3) is 0.667. The van der Waals surface area contributed by atoms with Gasteiger partial charge in [0.1, 0.15) is 23.2 Å². The number of hydrogen-bond donors (Lipinski definition) is 2. The Labute approximate surface area is 450 Å². The molecule has 7 fully saturated rings. The lowest BCUT2D eigenvalue weighted by Crippen LogP contribution is -2.68. The lowest BCUT2D eigenvalue weighted by molar-refractivity contribution is -0.167. The fourth-order valence-electron chi connectivity index (χ4n) is 12.9. The van der Waals surface area contributed by atoms with Crippen molar-refractivity contribution < 1.29 is 42.8 Å². The number of carbonyl (C=O) groups excluding carboxylic acids is 3. The lowest BCUT2D eigenvalue weighted by atomic mass is 9.84. The summed E-state index contributed by atoms with van der Waals surface area (Å²) >= 11 is 1.50. The van der Waals surface area contributed by atoms with Gasteiger partial charge >= 0.3 is 5.97 Å². The maximum atomic E-state index is 15.2. The fourth-order valence-corrected chi connectivity index (χ4v) is 13.9. The molecule has 6 atom stereocenters. The number of benzene rings is 1. The molecule has 1 spiro atoms. The Hall–Kier alpha value is -4.57. The number of hydrazine groups is 1. The third-order valence-electron chi connectivity index (χ3n) is 17.4. The molecular weight excluding hydrogens is 987 g/mol. The summed E-state index contributed by atoms with van der Waals surface area (Å²) in [6.45, 7) is 17.1. The van der Waals surface area contributed by atoms with Crippen LogP contribution in [0.25, 0.3) is 33.4 Å². The number of carbonyl (C=O) groups is 3. The Kier molecular flexibility index (Phi) is 14.8. The molecule has 10 heterocycles. The number of nitrogens with one attached hydrogen (secondary N) is 2. The molecule has 410 valence electrons. The average molecular weight is 1060 g/mol. The quantitative estimate of drug-likeness (QED) is 0.153. The number of cyclic esters (lactones) is 1. The topological polar surface area (TPSA) is 174 Å². The number of likely N-dealkylation sites (tertiary alicyclic amines) is 1. The molecule has 19 heteroatoms. The minimum absolute atomic E-state index is 0.0452. The molecule has 1 saturated carbocycles. The zero-order chi connectivity index (χ0) is 52.3. The summed E-state index contributed by atoms with van der Waals surface area (Å²) in [5, 5.41) is 8.56. The number of anilines is 1. The van der Waals surface area contributed by atoms with Crippen molar-refractivity contribution in [3.8, 4) is 22.5 Å². The van der Waals surface area contributed by atoms with Gasteiger partial charge in [-0.3, -0.25) is 34.2 Å². The predicted octanol–water partition coefficient (Wildman–Crippen LogP) is 6.20. The number of aromatic nitrogens is 3. The molecule has 0 radical (unpaired) electrons. The van der Waals surface area contributed by atoms with Crippen LogP contribution in [0.1, 0.15) is 114 Å². The molecule has 4 aromatic rings. The van der Waals surface area contributed by atoms with Crippen LogP contribution in [0.4, 0.5) is 5.69 Å². The molecule has 2 amide bonds. The van der Waals surface area contributed by atoms with E-state index >= 15 is 4.79 Å². The molecule has 0 unspecified atom stereocenters. The standard InChI is InChI=1S/C57H77N9O9S/c1-35-26-47(75-35)52(67)60-49-51(64-32-57(33-64)15-7-22-74-57)53-59-45(31-76-53)37-9-12-46-41(27-37)43(29-56(3,4)34-73-55(69)44-8-6-16-66(61-44)54(49)68)50(65(46)21-25-72-40-13-23-71-24-14-40)42-28-39(30-58-48(42)36(2)70-5)63-19-17-62(18-20-63)38-10-11-38/h9,12,27-28,30-31,35-36,38,40,44,47,49,51,61H,6-8,10-11,13-26,29,32-34H2,1-5H3,(H,60,67)/t35-,36+,44+,47+,49+,51+/m1/s1. The Morgan fingerprint density at radius 2 is 1.80 bits per heavy atom. The van der Waals surface area contributed by atoms with Crippen molar-refractivity contribution in [2.45, 2.75) is 153 Å². The number of ether oxygens (including phenoxy) is 6. The highest BCUT2D eigenvalue weighted by atomic mass is 32.1. The van der Waals surface area contributed by atoms with Crippen LogP contribution in [0, 0.1) is 5.41 Å². The SMILES string of the molecule is CO[C@@H](C)c1ncc(N2CCN(C3CC3)CC2)cc1-c1c2c3cc(ccc3n1CCOC1CCOCC1)-c1csc(n1)[C@@H](N1CC3(CCCO3)C1)[C@H](NC(=O)[C@@H]1C[C@@H](C)O1)C(=O)N1CCC[C@H](N1)C(=O)OCC(C)(C)C2. The van der Waals surface area contributed by atoms with Crippen molar-refractivity contribution in [3.63, 3.8) is 0 Å². The van der Waals surface area contributed by atoms with Crippen LogP contribution in [-0.4, -0.2) is 175 Å². The minimum atomic E-state index is -1.05. The van der Waals surface area contributed by atoms with Gasteiger partial charge in [0, 0.05) is 125 Å². The van der Waals surface area contributed by atoms with E-state index in [0.717, 1.165) is 108 Å². The Bertz CT molecular complexity index is 2760. The number of rotatable bonds is 12. The number of esters is 1. The molecule has 6 saturated heterocycles. The van der Waals surface area contributed by atoms with Gasteiger partial charge in [0.2, 0.25) is 5.91 Å². The van der Waals surface area contributed by atoms with Gasteiger partial charge in [0.05, 0.1) is 72.1 Å². The van der Waals surface area contributed by atoms with Crippen molar-refractivity contribution in [3.05, 3.63) is 52.1 Å². The van der Waals surface area contributed by atoms with Gasteiger partial charge in [-0.2, -0.15) is 0 Å². The molecule has 1 aliphatic carbocycles. The van der Waals surface area contributed by atoms with Gasteiger partial charge in [-0.05, 0) is 95.4 Å². The van der Waals surface area contributed by atoms with Crippen molar-refractivity contribution in [1.82, 2.24) is 40.1 Å². The van der Waals surface area contributed by atoms with E-state index in [1.54, 1.807) is 7.11 Å². The van der Waals surface area contributed by atoms with Crippen LogP contribution in [0.3, 0.4) is 0 Å². The first-order chi connectivity index (χ1) is 36.8. The van der Waals surface area contributed by atoms with Gasteiger partial charge in [-0.15, -0.1) is 11.3 Å². The molecule has 76 heavy (non-hydrogen) atoms. The van der Waals surface area contributed by atoms with Gasteiger partial charge in [-0.1, -0.05) is 19.9 Å². The van der Waals surface area contributed by atoms with E-state index in [0.29, 0.717) is 83.3 Å². The molecule has 6 bridgehead atoms. The molecule has 12 rings (SSSR count). The van der Waals surface area contributed by atoms with Crippen molar-refractivity contribution in [2.24, 2.45) is 5.41 Å². The molecule has 18 nitrogen and oxygen atoms in total. The van der Waals surface area contributed by atoms with Crippen molar-refractivity contribution in [1.29, 1.82) is 0 Å². The first-order valence-corrected chi connectivity index (χ1v) is 29.1. The highest BCUT2D eigenvalue weighted by Crippen LogP contribution is 2.46. The summed E-state index contributed by atoms with van der Waals surface area (Å²) in [7, 11) is 1.74. The normalized spacial score (nSPS) is 28.0. The van der Waals surface area contributed by atoms with E-state index in [-0.39, 0.29) is 42.3 Å². The summed E-state index contributed by atoms with van der Waals surface area (Å²) in [6.07, 6.45) is 9.56. The monoisotopic (exact) mass is 1060 g/mol. The lowest BCUT2D eigenvalue weighted by Gasteiger charge is -2.52. The van der Waals surface area contributed by atoms with E-state index in [1.807, 2.05) is 13.1 Å². The summed E-state index contributed by atoms with van der Waals surface area (Å²) in [5.74, 6) is -1.09. The van der Waals surface area contributed by atoms with E-state index in [2.05, 4.69) is 80.4 Å². The van der Waals surface area contributed by atoms with Crippen LogP contribution in [0.15, 0.2) is 35.8 Å². The summed E-state index contributed by atoms with van der Waals surface area (Å²) in [6, 6.07) is 7.25. The minimum Gasteiger partial charge on any atom is -0.464 e. The zero-order valence-corrected chi connectivity index (χ0v) is 45.9. The second-order valence-electron chi connectivity index (χ2n) is 23.6. The zero-order valence-electron chi connectivity index (χ0n) is 45.1. The second kappa shape index (κ2) is 21.6. The number of methoxy groups -OCH3 is 1. The molecule has 2 N–H and O–H groups in total. The highest BCUT2D eigenvalue weighted by molar-refractivity contribution is 7.10. The highest BCUT2D eigenvalue weighted by Gasteiger charge is 2.53. The Morgan fingerprint density at radius 3 is 2.54 bits per heavy atom. The first kappa shape index (κ1) is 52.1. The van der Waals surface area contributed by atoms with E-state index in [4.69, 9.17) is 38.4 Å². The van der Waals surface area contributed by atoms with E-state index in [9.17, 15) is 9.59 Å². The number of thiazole rings is 1. The summed E-state index contributed by atoms with van der Waals surface area (Å²) in [4.78, 5) is 61.8. The van der Waals surface area contributed by atoms with Gasteiger partial charge in [-0.25, -0.2) is 10.4 Å². The second-order valence-corrected chi connectivity index (χ2v) is 24.5. The third-order valence-corrected chi connectivity index (χ3v) is 18.3. The van der Waals surface area contributed by atoms with E-state index < -0.39 is 35.6 Å². The molecule has 3 aromatic heterocycles. The van der Waals surface area contributed by atoms with E-state index in [1.165, 1.54) is 29.2 Å².